The Kier molecular flexibility index (Phi) is 5.45. The lowest BCUT2D eigenvalue weighted by atomic mass is 9.73. The number of fused-ring (bicyclic) bond motifs is 4. The highest BCUT2D eigenvalue weighted by atomic mass is 35.5. The second-order valence-electron chi connectivity index (χ2n) is 7.54. The van der Waals surface area contributed by atoms with E-state index in [9.17, 15) is 4.79 Å². The third kappa shape index (κ3) is 3.13. The summed E-state index contributed by atoms with van der Waals surface area (Å²) < 4.78 is 7.36. The van der Waals surface area contributed by atoms with Crippen LogP contribution in [0.1, 0.15) is 29.9 Å². The highest BCUT2D eigenvalue weighted by Crippen LogP contribution is 2.45. The van der Waals surface area contributed by atoms with E-state index in [0.29, 0.717) is 24.4 Å². The zero-order valence-electron chi connectivity index (χ0n) is 15.8. The molecule has 3 aromatic rings. The average Bonchev–Trinajstić information content (AvgIpc) is 3.34. The van der Waals surface area contributed by atoms with Gasteiger partial charge in [-0.05, 0) is 60.4 Å². The predicted molar refractivity (Wildman–Crippen MR) is 115 cm³/mol. The zero-order valence-corrected chi connectivity index (χ0v) is 17.4. The first-order valence-electron chi connectivity index (χ1n) is 9.58. The molecule has 0 spiro atoms. The molecule has 0 radical (unpaired) electrons. The number of halogens is 1. The summed E-state index contributed by atoms with van der Waals surface area (Å²) in [5, 5.41) is 6.38. The van der Waals surface area contributed by atoms with E-state index in [2.05, 4.69) is 28.5 Å². The van der Waals surface area contributed by atoms with Gasteiger partial charge in [-0.1, -0.05) is 12.1 Å². The Labute approximate surface area is 174 Å². The Morgan fingerprint density at radius 3 is 3.11 bits per heavy atom. The van der Waals surface area contributed by atoms with Crippen molar-refractivity contribution >= 4 is 34.0 Å². The van der Waals surface area contributed by atoms with Crippen LogP contribution in [0.3, 0.4) is 0 Å². The van der Waals surface area contributed by atoms with Crippen molar-refractivity contribution in [1.29, 1.82) is 0 Å². The van der Waals surface area contributed by atoms with Crippen molar-refractivity contribution in [3.05, 3.63) is 57.5 Å². The van der Waals surface area contributed by atoms with Crippen LogP contribution in [0.4, 0.5) is 0 Å². The Bertz CT molecular complexity index is 1050. The fourth-order valence-electron chi connectivity index (χ4n) is 4.93. The first-order chi connectivity index (χ1) is 13.3. The molecule has 0 bridgehead atoms. The van der Waals surface area contributed by atoms with Gasteiger partial charge >= 0.3 is 0 Å². The highest BCUT2D eigenvalue weighted by molar-refractivity contribution is 7.16. The van der Waals surface area contributed by atoms with E-state index >= 15 is 0 Å². The number of thiophene rings is 1. The van der Waals surface area contributed by atoms with Crippen LogP contribution in [0, 0.1) is 5.92 Å². The number of ether oxygens (including phenoxy) is 1. The average molecular weight is 418 g/mol. The molecule has 28 heavy (non-hydrogen) atoms. The summed E-state index contributed by atoms with van der Waals surface area (Å²) in [6.07, 6.45) is 4.91. The van der Waals surface area contributed by atoms with Crippen LogP contribution in [-0.2, 0) is 13.0 Å². The summed E-state index contributed by atoms with van der Waals surface area (Å²) in [5.41, 5.74) is 2.87. The summed E-state index contributed by atoms with van der Waals surface area (Å²) in [6.45, 7) is 1.75. The number of hydrogen-bond donors (Lipinski definition) is 1. The van der Waals surface area contributed by atoms with Crippen molar-refractivity contribution in [2.24, 2.45) is 5.92 Å². The molecule has 7 heteroatoms. The topological polar surface area (TPSA) is 56.1 Å². The van der Waals surface area contributed by atoms with Crippen molar-refractivity contribution in [3.8, 4) is 5.75 Å². The maximum absolute atomic E-state index is 12.7. The number of nitrogens with one attached hydrogen (secondary N) is 1. The number of aromatic nitrogens is 2. The predicted octanol–water partition coefficient (Wildman–Crippen LogP) is 3.60. The molecule has 5 rings (SSSR count). The van der Waals surface area contributed by atoms with Crippen LogP contribution in [-0.4, -0.2) is 29.2 Å². The Balaban J connectivity index is 0.00000192. The fraction of sp³-hybridized carbons (Fsp3) is 0.429. The Morgan fingerprint density at radius 2 is 2.25 bits per heavy atom. The van der Waals surface area contributed by atoms with Crippen molar-refractivity contribution in [2.45, 2.75) is 37.8 Å². The standard InChI is InChI=1S/C21H23N3O2S.ClH/c1-26-18-4-2-3-15-14(18)6-5-13-11-22-17(19(13)15)7-9-24-12-23-20-16(21(24)25)8-10-27-20;/h2-4,8,10,12-13,17,19,22H,5-7,9,11H2,1H3;1H/t13-,17?,19+;/m0./s1. The highest BCUT2D eigenvalue weighted by Gasteiger charge is 2.40. The van der Waals surface area contributed by atoms with Gasteiger partial charge in [0, 0.05) is 18.5 Å². The van der Waals surface area contributed by atoms with Crippen LogP contribution >= 0.6 is 23.7 Å². The SMILES string of the molecule is COc1cccc2c1CC[C@H]1CNC(CCn3cnc4sccc4c3=O)[C@@H]21.Cl. The fourth-order valence-corrected chi connectivity index (χ4v) is 5.66. The van der Waals surface area contributed by atoms with Crippen molar-refractivity contribution < 1.29 is 4.74 Å². The van der Waals surface area contributed by atoms with E-state index in [1.807, 2.05) is 11.4 Å². The minimum atomic E-state index is 0. The van der Waals surface area contributed by atoms with Crippen molar-refractivity contribution in [1.82, 2.24) is 14.9 Å². The Morgan fingerprint density at radius 1 is 1.36 bits per heavy atom. The van der Waals surface area contributed by atoms with Crippen LogP contribution < -0.4 is 15.6 Å². The van der Waals surface area contributed by atoms with Gasteiger partial charge in [-0.15, -0.1) is 23.7 Å². The molecule has 2 aromatic heterocycles. The summed E-state index contributed by atoms with van der Waals surface area (Å²) in [6, 6.07) is 8.69. The molecule has 3 atom stereocenters. The number of benzene rings is 1. The monoisotopic (exact) mass is 417 g/mol. The molecule has 148 valence electrons. The Hall–Kier alpha value is -1.89. The molecule has 1 fully saturated rings. The van der Waals surface area contributed by atoms with Crippen LogP contribution in [0.5, 0.6) is 5.75 Å². The van der Waals surface area contributed by atoms with E-state index in [1.165, 1.54) is 28.9 Å². The van der Waals surface area contributed by atoms with Gasteiger partial charge in [-0.3, -0.25) is 9.36 Å². The lowest BCUT2D eigenvalue weighted by Gasteiger charge is -2.32. The van der Waals surface area contributed by atoms with Crippen molar-refractivity contribution in [2.75, 3.05) is 13.7 Å². The van der Waals surface area contributed by atoms with Gasteiger partial charge in [0.25, 0.3) is 5.56 Å². The smallest absolute Gasteiger partial charge is 0.262 e. The first kappa shape index (κ1) is 19.4. The maximum atomic E-state index is 12.7. The zero-order chi connectivity index (χ0) is 18.4. The second-order valence-corrected chi connectivity index (χ2v) is 8.43. The molecular formula is C21H24ClN3O2S. The lowest BCUT2D eigenvalue weighted by Crippen LogP contribution is -2.31. The first-order valence-corrected chi connectivity index (χ1v) is 10.5. The van der Waals surface area contributed by atoms with Crippen LogP contribution in [0.15, 0.2) is 40.8 Å². The molecule has 1 aromatic carbocycles. The summed E-state index contributed by atoms with van der Waals surface area (Å²) in [4.78, 5) is 17.9. The molecule has 1 saturated heterocycles. The van der Waals surface area contributed by atoms with Gasteiger partial charge in [-0.25, -0.2) is 4.98 Å². The normalized spacial score (nSPS) is 23.1. The number of aryl methyl sites for hydroxylation is 1. The van der Waals surface area contributed by atoms with E-state index < -0.39 is 0 Å². The number of nitrogens with zero attached hydrogens (tertiary/aromatic N) is 2. The summed E-state index contributed by atoms with van der Waals surface area (Å²) >= 11 is 1.52. The van der Waals surface area contributed by atoms with E-state index in [4.69, 9.17) is 4.74 Å². The number of hydrogen-bond acceptors (Lipinski definition) is 5. The van der Waals surface area contributed by atoms with Crippen LogP contribution in [0.25, 0.3) is 10.2 Å². The number of rotatable bonds is 4. The third-order valence-corrected chi connectivity index (χ3v) is 7.05. The van der Waals surface area contributed by atoms with Gasteiger partial charge in [0.2, 0.25) is 0 Å². The summed E-state index contributed by atoms with van der Waals surface area (Å²) in [5.74, 6) is 2.18. The van der Waals surface area contributed by atoms with Gasteiger partial charge < -0.3 is 10.1 Å². The lowest BCUT2D eigenvalue weighted by molar-refractivity contribution is 0.371. The van der Waals surface area contributed by atoms with Gasteiger partial charge in [0.1, 0.15) is 10.6 Å². The second kappa shape index (κ2) is 7.85. The molecule has 3 heterocycles. The van der Waals surface area contributed by atoms with E-state index in [0.717, 1.165) is 35.4 Å². The molecule has 1 unspecified atom stereocenters. The molecule has 5 nitrogen and oxygen atoms in total. The molecule has 1 N–H and O–H groups in total. The maximum Gasteiger partial charge on any atom is 0.262 e. The van der Waals surface area contributed by atoms with Gasteiger partial charge in [-0.2, -0.15) is 0 Å². The van der Waals surface area contributed by atoms with E-state index in [1.54, 1.807) is 18.0 Å². The minimum absolute atomic E-state index is 0. The molecule has 1 aliphatic heterocycles. The number of methoxy groups -OCH3 is 1. The molecule has 2 aliphatic rings. The molecular weight excluding hydrogens is 394 g/mol. The van der Waals surface area contributed by atoms with Gasteiger partial charge in [0.05, 0.1) is 18.8 Å². The van der Waals surface area contributed by atoms with Gasteiger partial charge in [0.15, 0.2) is 0 Å². The largest absolute Gasteiger partial charge is 0.496 e. The van der Waals surface area contributed by atoms with Crippen molar-refractivity contribution in [3.63, 3.8) is 0 Å². The quantitative estimate of drug-likeness (QED) is 0.704. The van der Waals surface area contributed by atoms with Crippen LogP contribution in [0.2, 0.25) is 0 Å². The molecule has 1 aliphatic carbocycles. The summed E-state index contributed by atoms with van der Waals surface area (Å²) in [7, 11) is 1.76. The van der Waals surface area contributed by atoms with E-state index in [-0.39, 0.29) is 18.0 Å². The minimum Gasteiger partial charge on any atom is -0.496 e. The molecule has 0 amide bonds. The third-order valence-electron chi connectivity index (χ3n) is 6.23. The molecule has 0 saturated carbocycles.